The molecule has 0 radical (unpaired) electrons. The molecule has 6 heteroatoms. The average molecular weight is 427 g/mol. The molecule has 2 aromatic rings. The molecule has 0 saturated heterocycles. The molecule has 2 aromatic carbocycles. The van der Waals surface area contributed by atoms with Crippen LogP contribution < -0.4 is 24.8 Å². The highest BCUT2D eigenvalue weighted by molar-refractivity contribution is 7.80. The van der Waals surface area contributed by atoms with E-state index in [4.69, 9.17) is 26.4 Å². The van der Waals surface area contributed by atoms with E-state index in [-0.39, 0.29) is 11.6 Å². The summed E-state index contributed by atoms with van der Waals surface area (Å²) in [5.74, 6) is 2.58. The number of ether oxygens (including phenoxy) is 3. The van der Waals surface area contributed by atoms with E-state index in [2.05, 4.69) is 24.5 Å². The summed E-state index contributed by atoms with van der Waals surface area (Å²) in [7, 11) is 1.67. The first-order chi connectivity index (χ1) is 14.4. The van der Waals surface area contributed by atoms with E-state index < -0.39 is 0 Å². The van der Waals surface area contributed by atoms with Gasteiger partial charge in [-0.25, -0.2) is 0 Å². The Morgan fingerprint density at radius 3 is 2.47 bits per heavy atom. The van der Waals surface area contributed by atoms with E-state index in [9.17, 15) is 0 Å². The highest BCUT2D eigenvalue weighted by Crippen LogP contribution is 2.41. The van der Waals surface area contributed by atoms with Gasteiger partial charge in [0.25, 0.3) is 0 Å². The quantitative estimate of drug-likeness (QED) is 0.607. The Labute approximate surface area is 184 Å². The molecule has 0 amide bonds. The maximum Gasteiger partial charge on any atom is 0.171 e. The van der Waals surface area contributed by atoms with Crippen molar-refractivity contribution < 1.29 is 14.2 Å². The number of hydrogen-bond acceptors (Lipinski definition) is 4. The summed E-state index contributed by atoms with van der Waals surface area (Å²) in [6, 6.07) is 13.9. The van der Waals surface area contributed by atoms with E-state index >= 15 is 0 Å². The summed E-state index contributed by atoms with van der Waals surface area (Å²) in [5, 5.41) is 7.33. The number of fused-ring (bicyclic) bond motifs is 1. The zero-order valence-corrected chi connectivity index (χ0v) is 18.7. The van der Waals surface area contributed by atoms with Crippen molar-refractivity contribution >= 4 is 23.0 Å². The molecule has 1 atom stereocenters. The number of rotatable bonds is 5. The van der Waals surface area contributed by atoms with Crippen LogP contribution in [0.2, 0.25) is 0 Å². The predicted octanol–water partition coefficient (Wildman–Crippen LogP) is 5.61. The first-order valence-electron chi connectivity index (χ1n) is 10.6. The van der Waals surface area contributed by atoms with Crippen molar-refractivity contribution in [2.45, 2.75) is 63.7 Å². The van der Waals surface area contributed by atoms with Gasteiger partial charge >= 0.3 is 0 Å². The summed E-state index contributed by atoms with van der Waals surface area (Å²) in [6.45, 7) is 4.18. The van der Waals surface area contributed by atoms with Crippen LogP contribution in [-0.2, 0) is 0 Å². The summed E-state index contributed by atoms with van der Waals surface area (Å²) in [5.41, 5.74) is 1.70. The molecule has 1 aliphatic heterocycles. The molecule has 4 rings (SSSR count). The van der Waals surface area contributed by atoms with Gasteiger partial charge in [0.05, 0.1) is 19.3 Å². The van der Waals surface area contributed by atoms with Crippen molar-refractivity contribution in [3.63, 3.8) is 0 Å². The van der Waals surface area contributed by atoms with Gasteiger partial charge in [-0.15, -0.1) is 0 Å². The van der Waals surface area contributed by atoms with Crippen molar-refractivity contribution in [1.82, 2.24) is 5.32 Å². The van der Waals surface area contributed by atoms with Gasteiger partial charge in [-0.1, -0.05) is 0 Å². The summed E-state index contributed by atoms with van der Waals surface area (Å²) in [4.78, 5) is 0. The Morgan fingerprint density at radius 2 is 1.77 bits per heavy atom. The SMILES string of the molecule is COc1ccc2c(c1)C(NC(=S)Nc1ccc(OC3CCCC3)cc1)CC(C)(C)O2. The predicted molar refractivity (Wildman–Crippen MR) is 124 cm³/mol. The smallest absolute Gasteiger partial charge is 0.171 e. The van der Waals surface area contributed by atoms with Gasteiger partial charge in [0.15, 0.2) is 5.11 Å². The van der Waals surface area contributed by atoms with Gasteiger partial charge in [-0.05, 0) is 94.2 Å². The lowest BCUT2D eigenvalue weighted by Crippen LogP contribution is -2.42. The standard InChI is InChI=1S/C24H30N2O3S/c1-24(2)15-21(20-14-19(27-3)12-13-22(20)29-24)26-23(30)25-16-8-10-18(11-9-16)28-17-6-4-5-7-17/h8-14,17,21H,4-7,15H2,1-3H3,(H2,25,26,30). The molecule has 1 fully saturated rings. The lowest BCUT2D eigenvalue weighted by molar-refractivity contribution is 0.0695. The zero-order valence-electron chi connectivity index (χ0n) is 17.9. The third-order valence-corrected chi connectivity index (χ3v) is 5.92. The number of thiocarbonyl (C=S) groups is 1. The Balaban J connectivity index is 1.41. The molecule has 1 aliphatic carbocycles. The molecule has 1 unspecified atom stereocenters. The molecule has 0 spiro atoms. The molecule has 5 nitrogen and oxygen atoms in total. The maximum atomic E-state index is 6.14. The van der Waals surface area contributed by atoms with Gasteiger partial charge in [0.1, 0.15) is 22.8 Å². The number of methoxy groups -OCH3 is 1. The fourth-order valence-corrected chi connectivity index (χ4v) is 4.49. The summed E-state index contributed by atoms with van der Waals surface area (Å²) in [6.07, 6.45) is 6.00. The number of anilines is 1. The second kappa shape index (κ2) is 8.72. The first kappa shape index (κ1) is 20.8. The lowest BCUT2D eigenvalue weighted by Gasteiger charge is -2.38. The van der Waals surface area contributed by atoms with E-state index in [1.54, 1.807) is 7.11 Å². The Morgan fingerprint density at radius 1 is 1.07 bits per heavy atom. The molecule has 2 N–H and O–H groups in total. The van der Waals surface area contributed by atoms with Crippen LogP contribution in [0.3, 0.4) is 0 Å². The highest BCUT2D eigenvalue weighted by atomic mass is 32.1. The molecule has 160 valence electrons. The van der Waals surface area contributed by atoms with E-state index in [1.165, 1.54) is 12.8 Å². The van der Waals surface area contributed by atoms with Gasteiger partial charge in [0.2, 0.25) is 0 Å². The molecule has 0 bridgehead atoms. The van der Waals surface area contributed by atoms with E-state index in [0.717, 1.165) is 47.8 Å². The van der Waals surface area contributed by atoms with Crippen molar-refractivity contribution in [1.29, 1.82) is 0 Å². The van der Waals surface area contributed by atoms with Crippen molar-refractivity contribution in [2.75, 3.05) is 12.4 Å². The van der Waals surface area contributed by atoms with Gasteiger partial charge in [0, 0.05) is 17.7 Å². The molecule has 0 aromatic heterocycles. The molecular formula is C24H30N2O3S. The second-order valence-corrected chi connectivity index (χ2v) is 9.08. The monoisotopic (exact) mass is 426 g/mol. The van der Waals surface area contributed by atoms with Gasteiger partial charge < -0.3 is 24.8 Å². The topological polar surface area (TPSA) is 51.8 Å². The molecule has 2 aliphatic rings. The fourth-order valence-electron chi connectivity index (χ4n) is 4.23. The normalized spacial score (nSPS) is 20.0. The zero-order chi connectivity index (χ0) is 21.1. The van der Waals surface area contributed by atoms with Crippen molar-refractivity contribution in [3.05, 3.63) is 48.0 Å². The lowest BCUT2D eigenvalue weighted by atomic mass is 9.89. The van der Waals surface area contributed by atoms with Crippen LogP contribution in [0.1, 0.15) is 57.6 Å². The minimum atomic E-state index is -0.284. The number of nitrogens with one attached hydrogen (secondary N) is 2. The maximum absolute atomic E-state index is 6.14. The van der Waals surface area contributed by atoms with Crippen LogP contribution in [-0.4, -0.2) is 23.9 Å². The minimum Gasteiger partial charge on any atom is -0.497 e. The van der Waals surface area contributed by atoms with Crippen LogP contribution in [0.15, 0.2) is 42.5 Å². The van der Waals surface area contributed by atoms with Crippen LogP contribution in [0, 0.1) is 0 Å². The van der Waals surface area contributed by atoms with E-state index in [0.29, 0.717) is 11.2 Å². The van der Waals surface area contributed by atoms with Gasteiger partial charge in [-0.3, -0.25) is 0 Å². The van der Waals surface area contributed by atoms with Gasteiger partial charge in [-0.2, -0.15) is 0 Å². The molecule has 30 heavy (non-hydrogen) atoms. The van der Waals surface area contributed by atoms with Crippen molar-refractivity contribution in [3.8, 4) is 17.2 Å². The molecular weight excluding hydrogens is 396 g/mol. The van der Waals surface area contributed by atoms with Crippen LogP contribution in [0.5, 0.6) is 17.2 Å². The fraction of sp³-hybridized carbons (Fsp3) is 0.458. The third-order valence-electron chi connectivity index (χ3n) is 5.70. The Kier molecular flexibility index (Phi) is 6.04. The largest absolute Gasteiger partial charge is 0.497 e. The first-order valence-corrected chi connectivity index (χ1v) is 11.0. The van der Waals surface area contributed by atoms with E-state index in [1.807, 2.05) is 42.5 Å². The minimum absolute atomic E-state index is 0.0313. The Bertz CT molecular complexity index is 892. The van der Waals surface area contributed by atoms with Crippen LogP contribution in [0.25, 0.3) is 0 Å². The number of benzene rings is 2. The molecule has 1 heterocycles. The third kappa shape index (κ3) is 4.98. The number of hydrogen-bond donors (Lipinski definition) is 2. The average Bonchev–Trinajstić information content (AvgIpc) is 3.21. The highest BCUT2D eigenvalue weighted by Gasteiger charge is 2.34. The Hall–Kier alpha value is -2.47. The second-order valence-electron chi connectivity index (χ2n) is 8.67. The van der Waals surface area contributed by atoms with Crippen LogP contribution >= 0.6 is 12.2 Å². The van der Waals surface area contributed by atoms with Crippen molar-refractivity contribution in [2.24, 2.45) is 0 Å². The van der Waals surface area contributed by atoms with Crippen LogP contribution in [0.4, 0.5) is 5.69 Å². The summed E-state index contributed by atoms with van der Waals surface area (Å²) >= 11 is 5.61. The molecule has 1 saturated carbocycles. The summed E-state index contributed by atoms with van der Waals surface area (Å²) < 4.78 is 17.6.